The van der Waals surface area contributed by atoms with Gasteiger partial charge in [0.1, 0.15) is 0 Å². The van der Waals surface area contributed by atoms with Gasteiger partial charge < -0.3 is 5.32 Å². The van der Waals surface area contributed by atoms with Crippen molar-refractivity contribution in [1.82, 2.24) is 0 Å². The molecule has 0 aliphatic carbocycles. The maximum absolute atomic E-state index is 3.63. The van der Waals surface area contributed by atoms with Crippen LogP contribution in [-0.2, 0) is 0 Å². The van der Waals surface area contributed by atoms with E-state index in [1.807, 2.05) is 0 Å². The van der Waals surface area contributed by atoms with E-state index in [9.17, 15) is 0 Å². The summed E-state index contributed by atoms with van der Waals surface area (Å²) in [4.78, 5) is 0. The molecule has 0 saturated heterocycles. The fourth-order valence-electron chi connectivity index (χ4n) is 6.19. The van der Waals surface area contributed by atoms with Crippen LogP contribution < -0.4 is 5.32 Å². The van der Waals surface area contributed by atoms with Crippen molar-refractivity contribution in [2.45, 2.75) is 0 Å². The van der Waals surface area contributed by atoms with Gasteiger partial charge in [0, 0.05) is 17.5 Å². The molecular formula is C35H23N. The van der Waals surface area contributed by atoms with E-state index >= 15 is 0 Å². The van der Waals surface area contributed by atoms with E-state index in [4.69, 9.17) is 0 Å². The molecule has 7 aromatic carbocycles. The summed E-state index contributed by atoms with van der Waals surface area (Å²) in [6.45, 7) is 0.869. The third-order valence-electron chi connectivity index (χ3n) is 7.82. The minimum absolute atomic E-state index is 0.869. The van der Waals surface area contributed by atoms with Crippen LogP contribution in [0.15, 0.2) is 115 Å². The normalized spacial score (nSPS) is 13.0. The first-order valence-electron chi connectivity index (χ1n) is 12.6. The number of benzene rings is 7. The SMILES string of the molecule is C1=Cc2c(c3ccc(-c4ccc5c6ccccc6c6ccccc6c5c4)cc3c3ccccc23)NC1. The summed E-state index contributed by atoms with van der Waals surface area (Å²) in [6.07, 6.45) is 4.47. The molecule has 1 heterocycles. The average molecular weight is 458 g/mol. The predicted molar refractivity (Wildman–Crippen MR) is 157 cm³/mol. The summed E-state index contributed by atoms with van der Waals surface area (Å²) >= 11 is 0. The third kappa shape index (κ3) is 2.71. The molecule has 8 rings (SSSR count). The van der Waals surface area contributed by atoms with Crippen LogP contribution >= 0.6 is 0 Å². The lowest BCUT2D eigenvalue weighted by Gasteiger charge is -2.20. The molecule has 0 aromatic heterocycles. The maximum atomic E-state index is 3.63. The molecule has 0 radical (unpaired) electrons. The van der Waals surface area contributed by atoms with Crippen molar-refractivity contribution in [2.75, 3.05) is 11.9 Å². The molecule has 7 aromatic rings. The van der Waals surface area contributed by atoms with Crippen molar-refractivity contribution in [3.05, 3.63) is 121 Å². The Morgan fingerprint density at radius 3 is 1.47 bits per heavy atom. The minimum atomic E-state index is 0.869. The molecule has 0 atom stereocenters. The van der Waals surface area contributed by atoms with Crippen molar-refractivity contribution in [3.8, 4) is 11.1 Å². The monoisotopic (exact) mass is 457 g/mol. The Kier molecular flexibility index (Phi) is 4.06. The molecule has 1 nitrogen and oxygen atoms in total. The molecular weight excluding hydrogens is 434 g/mol. The summed E-state index contributed by atoms with van der Waals surface area (Å²) in [7, 11) is 0. The van der Waals surface area contributed by atoms with Crippen LogP contribution in [0.1, 0.15) is 5.56 Å². The highest BCUT2D eigenvalue weighted by Gasteiger charge is 2.15. The second-order valence-electron chi connectivity index (χ2n) is 9.73. The lowest BCUT2D eigenvalue weighted by Crippen LogP contribution is -2.05. The topological polar surface area (TPSA) is 12.0 Å². The molecule has 1 aliphatic heterocycles. The molecule has 0 unspecified atom stereocenters. The fourth-order valence-corrected chi connectivity index (χ4v) is 6.19. The van der Waals surface area contributed by atoms with Gasteiger partial charge in [-0.25, -0.2) is 0 Å². The van der Waals surface area contributed by atoms with Crippen LogP contribution in [-0.4, -0.2) is 6.54 Å². The quantitative estimate of drug-likeness (QED) is 0.242. The van der Waals surface area contributed by atoms with Crippen LogP contribution in [0.3, 0.4) is 0 Å². The fraction of sp³-hybridized carbons (Fsp3) is 0.0286. The Morgan fingerprint density at radius 2 is 0.861 bits per heavy atom. The van der Waals surface area contributed by atoms with E-state index in [1.165, 1.54) is 76.2 Å². The zero-order valence-corrected chi connectivity index (χ0v) is 19.8. The second-order valence-corrected chi connectivity index (χ2v) is 9.73. The van der Waals surface area contributed by atoms with Crippen LogP contribution in [0.4, 0.5) is 5.69 Å². The van der Waals surface area contributed by atoms with Crippen LogP contribution in [0, 0.1) is 0 Å². The van der Waals surface area contributed by atoms with Gasteiger partial charge in [-0.05, 0) is 71.7 Å². The average Bonchev–Trinajstić information content (AvgIpc) is 2.97. The highest BCUT2D eigenvalue weighted by atomic mass is 14.9. The molecule has 168 valence electrons. The highest BCUT2D eigenvalue weighted by Crippen LogP contribution is 2.41. The lowest BCUT2D eigenvalue weighted by molar-refractivity contribution is 1.33. The smallest absolute Gasteiger partial charge is 0.0502 e. The molecule has 0 amide bonds. The van der Waals surface area contributed by atoms with Gasteiger partial charge in [-0.3, -0.25) is 0 Å². The molecule has 0 fully saturated rings. The first-order chi connectivity index (χ1) is 17.9. The van der Waals surface area contributed by atoms with E-state index in [2.05, 4.69) is 127 Å². The number of hydrogen-bond donors (Lipinski definition) is 1. The Morgan fingerprint density at radius 1 is 0.417 bits per heavy atom. The number of fused-ring (bicyclic) bond motifs is 12. The van der Waals surface area contributed by atoms with Crippen LogP contribution in [0.2, 0.25) is 0 Å². The van der Waals surface area contributed by atoms with Crippen LogP contribution in [0.5, 0.6) is 0 Å². The number of hydrogen-bond acceptors (Lipinski definition) is 1. The van der Waals surface area contributed by atoms with E-state index in [0.29, 0.717) is 0 Å². The maximum Gasteiger partial charge on any atom is 0.0502 e. The van der Waals surface area contributed by atoms with E-state index in [-0.39, 0.29) is 0 Å². The molecule has 0 bridgehead atoms. The van der Waals surface area contributed by atoms with Crippen molar-refractivity contribution >= 4 is 65.6 Å². The summed E-state index contributed by atoms with van der Waals surface area (Å²) < 4.78 is 0. The van der Waals surface area contributed by atoms with Gasteiger partial charge in [0.15, 0.2) is 0 Å². The first-order valence-corrected chi connectivity index (χ1v) is 12.6. The minimum Gasteiger partial charge on any atom is -0.381 e. The molecule has 1 heteroatoms. The summed E-state index contributed by atoms with van der Waals surface area (Å²) in [5, 5.41) is 16.7. The lowest BCUT2D eigenvalue weighted by atomic mass is 9.89. The van der Waals surface area contributed by atoms with Gasteiger partial charge in [0.25, 0.3) is 0 Å². The number of anilines is 1. The Labute approximate surface area is 209 Å². The molecule has 0 saturated carbocycles. The third-order valence-corrected chi connectivity index (χ3v) is 7.82. The standard InChI is InChI=1S/C35H23N/c1-2-10-26-24(8-1)25-9-3-5-12-28(25)33-20-22(15-17-30(26)33)23-16-18-32-34(21-23)29-13-6-4-11-27(29)31-14-7-19-36-35(31)32/h1-18,20-21,36H,19H2. The summed E-state index contributed by atoms with van der Waals surface area (Å²) in [5.41, 5.74) is 5.03. The van der Waals surface area contributed by atoms with Crippen molar-refractivity contribution < 1.29 is 0 Å². The van der Waals surface area contributed by atoms with Crippen molar-refractivity contribution in [1.29, 1.82) is 0 Å². The molecule has 1 aliphatic rings. The molecule has 36 heavy (non-hydrogen) atoms. The highest BCUT2D eigenvalue weighted by molar-refractivity contribution is 6.26. The van der Waals surface area contributed by atoms with E-state index in [0.717, 1.165) is 6.54 Å². The van der Waals surface area contributed by atoms with Gasteiger partial charge >= 0.3 is 0 Å². The van der Waals surface area contributed by atoms with E-state index < -0.39 is 0 Å². The predicted octanol–water partition coefficient (Wildman–Crippen LogP) is 9.56. The van der Waals surface area contributed by atoms with E-state index in [1.54, 1.807) is 0 Å². The zero-order valence-electron chi connectivity index (χ0n) is 19.8. The first kappa shape index (κ1) is 19.7. The zero-order chi connectivity index (χ0) is 23.6. The van der Waals surface area contributed by atoms with Gasteiger partial charge in [-0.15, -0.1) is 0 Å². The number of nitrogens with one attached hydrogen (secondary N) is 1. The Hall–Kier alpha value is -4.62. The van der Waals surface area contributed by atoms with Gasteiger partial charge in [0.2, 0.25) is 0 Å². The Bertz CT molecular complexity index is 2010. The van der Waals surface area contributed by atoms with Crippen molar-refractivity contribution in [2.24, 2.45) is 0 Å². The van der Waals surface area contributed by atoms with Gasteiger partial charge in [-0.2, -0.15) is 0 Å². The van der Waals surface area contributed by atoms with Crippen molar-refractivity contribution in [3.63, 3.8) is 0 Å². The molecule has 1 N–H and O–H groups in total. The van der Waals surface area contributed by atoms with Gasteiger partial charge in [-0.1, -0.05) is 109 Å². The van der Waals surface area contributed by atoms with Crippen LogP contribution in [0.25, 0.3) is 71.1 Å². The summed E-state index contributed by atoms with van der Waals surface area (Å²) in [5.74, 6) is 0. The second kappa shape index (κ2) is 7.44. The molecule has 0 spiro atoms. The Balaban J connectivity index is 1.43. The number of rotatable bonds is 1. The largest absolute Gasteiger partial charge is 0.381 e. The summed E-state index contributed by atoms with van der Waals surface area (Å²) in [6, 6.07) is 40.3. The van der Waals surface area contributed by atoms with Gasteiger partial charge in [0.05, 0.1) is 5.69 Å².